The second-order valence-corrected chi connectivity index (χ2v) is 5.03. The van der Waals surface area contributed by atoms with Crippen molar-refractivity contribution in [3.8, 4) is 0 Å². The van der Waals surface area contributed by atoms with Gasteiger partial charge in [-0.1, -0.05) is 44.2 Å². The molecular formula is C14H23ClN2O2. The van der Waals surface area contributed by atoms with E-state index in [1.807, 2.05) is 18.2 Å². The third-order valence-electron chi connectivity index (χ3n) is 2.94. The van der Waals surface area contributed by atoms with E-state index in [2.05, 4.69) is 31.3 Å². The molecule has 1 aromatic rings. The van der Waals surface area contributed by atoms with Crippen molar-refractivity contribution < 1.29 is 9.53 Å². The number of hydrogen-bond acceptors (Lipinski definition) is 3. The molecule has 108 valence electrons. The number of benzene rings is 1. The molecule has 0 radical (unpaired) electrons. The first-order chi connectivity index (χ1) is 8.47. The van der Waals surface area contributed by atoms with Crippen LogP contribution in [-0.4, -0.2) is 32.2 Å². The van der Waals surface area contributed by atoms with Crippen LogP contribution in [0.1, 0.15) is 19.4 Å². The first-order valence-corrected chi connectivity index (χ1v) is 6.05. The van der Waals surface area contributed by atoms with Gasteiger partial charge in [-0.2, -0.15) is 0 Å². The molecule has 1 atom stereocenters. The third kappa shape index (κ3) is 5.59. The van der Waals surface area contributed by atoms with E-state index in [1.165, 1.54) is 12.7 Å². The van der Waals surface area contributed by atoms with Gasteiger partial charge >= 0.3 is 0 Å². The molecule has 3 N–H and O–H groups in total. The minimum Gasteiger partial charge on any atom is -0.383 e. The molecule has 1 rings (SSSR count). The van der Waals surface area contributed by atoms with E-state index in [1.54, 1.807) is 0 Å². The van der Waals surface area contributed by atoms with Crippen LogP contribution in [0.15, 0.2) is 30.3 Å². The monoisotopic (exact) mass is 286 g/mol. The zero-order valence-corrected chi connectivity index (χ0v) is 12.5. The fourth-order valence-corrected chi connectivity index (χ4v) is 1.69. The average Bonchev–Trinajstić information content (AvgIpc) is 2.37. The molecule has 1 amide bonds. The van der Waals surface area contributed by atoms with Gasteiger partial charge in [0.25, 0.3) is 0 Å². The lowest BCUT2D eigenvalue weighted by molar-refractivity contribution is -0.123. The zero-order chi connectivity index (χ0) is 13.6. The first-order valence-electron chi connectivity index (χ1n) is 6.05. The number of carbonyl (C=O) groups excluding carboxylic acids is 1. The maximum atomic E-state index is 11.7. The number of methoxy groups -OCH3 is 1. The Morgan fingerprint density at radius 1 is 1.37 bits per heavy atom. The molecular weight excluding hydrogens is 264 g/mol. The van der Waals surface area contributed by atoms with E-state index in [0.29, 0.717) is 6.54 Å². The molecule has 0 aromatic heterocycles. The van der Waals surface area contributed by atoms with Gasteiger partial charge in [-0.05, 0) is 5.56 Å². The molecule has 0 fully saturated rings. The lowest BCUT2D eigenvalue weighted by atomic mass is 9.84. The van der Waals surface area contributed by atoms with Gasteiger partial charge in [0.1, 0.15) is 6.04 Å². The van der Waals surface area contributed by atoms with E-state index in [9.17, 15) is 4.79 Å². The summed E-state index contributed by atoms with van der Waals surface area (Å²) < 4.78 is 4.86. The van der Waals surface area contributed by atoms with Crippen LogP contribution in [0.4, 0.5) is 0 Å². The van der Waals surface area contributed by atoms with Crippen LogP contribution >= 0.6 is 12.4 Å². The highest BCUT2D eigenvalue weighted by atomic mass is 35.5. The average molecular weight is 287 g/mol. The Labute approximate surface area is 121 Å². The summed E-state index contributed by atoms with van der Waals surface area (Å²) in [7, 11) is 1.53. The highest BCUT2D eigenvalue weighted by molar-refractivity contribution is 5.85. The first kappa shape index (κ1) is 17.9. The van der Waals surface area contributed by atoms with Crippen molar-refractivity contribution >= 4 is 18.3 Å². The summed E-state index contributed by atoms with van der Waals surface area (Å²) in [6, 6.07) is 9.47. The lowest BCUT2D eigenvalue weighted by Crippen LogP contribution is -2.47. The quantitative estimate of drug-likeness (QED) is 0.832. The number of amides is 1. The lowest BCUT2D eigenvalue weighted by Gasteiger charge is -2.26. The predicted octanol–water partition coefficient (Wildman–Crippen LogP) is 1.48. The van der Waals surface area contributed by atoms with Crippen LogP contribution in [-0.2, 0) is 14.9 Å². The van der Waals surface area contributed by atoms with Crippen LogP contribution in [0.2, 0.25) is 0 Å². The summed E-state index contributed by atoms with van der Waals surface area (Å²) in [6.45, 7) is 4.96. The zero-order valence-electron chi connectivity index (χ0n) is 11.7. The molecule has 0 saturated carbocycles. The highest BCUT2D eigenvalue weighted by Gasteiger charge is 2.22. The topological polar surface area (TPSA) is 64.3 Å². The van der Waals surface area contributed by atoms with Gasteiger partial charge < -0.3 is 15.8 Å². The molecule has 0 aliphatic rings. The molecule has 4 nitrogen and oxygen atoms in total. The summed E-state index contributed by atoms with van der Waals surface area (Å²) >= 11 is 0. The van der Waals surface area contributed by atoms with Gasteiger partial charge in [0.05, 0.1) is 6.61 Å². The van der Waals surface area contributed by atoms with Gasteiger partial charge in [0.15, 0.2) is 0 Å². The Morgan fingerprint density at radius 3 is 2.47 bits per heavy atom. The SMILES string of the molecule is COCC(N)C(=O)NCC(C)(C)c1ccccc1.Cl. The van der Waals surface area contributed by atoms with Crippen molar-refractivity contribution in [1.82, 2.24) is 5.32 Å². The molecule has 0 bridgehead atoms. The van der Waals surface area contributed by atoms with Gasteiger partial charge in [-0.3, -0.25) is 4.79 Å². The summed E-state index contributed by atoms with van der Waals surface area (Å²) in [5, 5.41) is 2.86. The van der Waals surface area contributed by atoms with Crippen LogP contribution in [0, 0.1) is 0 Å². The molecule has 0 spiro atoms. The summed E-state index contributed by atoms with van der Waals surface area (Å²) in [4.78, 5) is 11.7. The Hall–Kier alpha value is -1.10. The molecule has 0 saturated heterocycles. The van der Waals surface area contributed by atoms with Crippen LogP contribution < -0.4 is 11.1 Å². The number of nitrogens with one attached hydrogen (secondary N) is 1. The van der Waals surface area contributed by atoms with Crippen LogP contribution in [0.3, 0.4) is 0 Å². The van der Waals surface area contributed by atoms with Crippen molar-refractivity contribution in [2.24, 2.45) is 5.73 Å². The van der Waals surface area contributed by atoms with E-state index < -0.39 is 6.04 Å². The molecule has 0 aliphatic carbocycles. The minimum atomic E-state index is -0.610. The van der Waals surface area contributed by atoms with Crippen molar-refractivity contribution in [3.63, 3.8) is 0 Å². The van der Waals surface area contributed by atoms with Crippen molar-refractivity contribution in [2.75, 3.05) is 20.3 Å². The number of ether oxygens (including phenoxy) is 1. The molecule has 1 aromatic carbocycles. The largest absolute Gasteiger partial charge is 0.383 e. The van der Waals surface area contributed by atoms with Crippen molar-refractivity contribution in [2.45, 2.75) is 25.3 Å². The fraction of sp³-hybridized carbons (Fsp3) is 0.500. The van der Waals surface area contributed by atoms with Crippen LogP contribution in [0.5, 0.6) is 0 Å². The van der Waals surface area contributed by atoms with E-state index in [4.69, 9.17) is 10.5 Å². The number of nitrogens with two attached hydrogens (primary N) is 1. The molecule has 5 heteroatoms. The van der Waals surface area contributed by atoms with E-state index >= 15 is 0 Å². The second kappa shape index (κ2) is 8.15. The number of rotatable bonds is 6. The Bertz CT molecular complexity index is 382. The number of carbonyl (C=O) groups is 1. The molecule has 0 heterocycles. The summed E-state index contributed by atoms with van der Waals surface area (Å²) in [5.74, 6) is -0.180. The second-order valence-electron chi connectivity index (χ2n) is 5.03. The summed E-state index contributed by atoms with van der Waals surface area (Å²) in [6.07, 6.45) is 0. The van der Waals surface area contributed by atoms with Gasteiger partial charge in [-0.25, -0.2) is 0 Å². The van der Waals surface area contributed by atoms with Gasteiger partial charge in [0, 0.05) is 19.1 Å². The van der Waals surface area contributed by atoms with Gasteiger partial charge in [0.2, 0.25) is 5.91 Å². The van der Waals surface area contributed by atoms with E-state index in [-0.39, 0.29) is 30.3 Å². The maximum absolute atomic E-state index is 11.7. The molecule has 0 aliphatic heterocycles. The number of hydrogen-bond donors (Lipinski definition) is 2. The summed E-state index contributed by atoms with van der Waals surface area (Å²) in [5.41, 5.74) is 6.72. The van der Waals surface area contributed by atoms with Crippen molar-refractivity contribution in [3.05, 3.63) is 35.9 Å². The van der Waals surface area contributed by atoms with E-state index in [0.717, 1.165) is 0 Å². The Morgan fingerprint density at radius 2 is 1.95 bits per heavy atom. The highest BCUT2D eigenvalue weighted by Crippen LogP contribution is 2.21. The molecule has 1 unspecified atom stereocenters. The molecule has 19 heavy (non-hydrogen) atoms. The smallest absolute Gasteiger partial charge is 0.239 e. The Kier molecular flexibility index (Phi) is 7.68. The normalized spacial score (nSPS) is 12.4. The maximum Gasteiger partial charge on any atom is 0.239 e. The standard InChI is InChI=1S/C14H22N2O2.ClH/c1-14(2,11-7-5-4-6-8-11)10-16-13(17)12(15)9-18-3;/h4-8,12H,9-10,15H2,1-3H3,(H,16,17);1H. The predicted molar refractivity (Wildman–Crippen MR) is 79.6 cm³/mol. The fourth-order valence-electron chi connectivity index (χ4n) is 1.69. The third-order valence-corrected chi connectivity index (χ3v) is 2.94. The number of halogens is 1. The van der Waals surface area contributed by atoms with Crippen LogP contribution in [0.25, 0.3) is 0 Å². The van der Waals surface area contributed by atoms with Crippen molar-refractivity contribution in [1.29, 1.82) is 0 Å². The minimum absolute atomic E-state index is 0. The Balaban J connectivity index is 0.00000324. The van der Waals surface area contributed by atoms with Gasteiger partial charge in [-0.15, -0.1) is 12.4 Å².